The van der Waals surface area contributed by atoms with E-state index < -0.39 is 10.0 Å². The van der Waals surface area contributed by atoms with E-state index in [0.717, 1.165) is 24.8 Å². The van der Waals surface area contributed by atoms with E-state index in [1.165, 1.54) is 6.07 Å². The minimum Gasteiger partial charge on any atom is -0.399 e. The number of anilines is 1. The molecule has 6 heteroatoms. The Morgan fingerprint density at radius 3 is 2.79 bits per heavy atom. The number of aryl methyl sites for hydroxylation is 1. The Morgan fingerprint density at radius 1 is 1.37 bits per heavy atom. The zero-order chi connectivity index (χ0) is 14.0. The van der Waals surface area contributed by atoms with Crippen LogP contribution in [0.1, 0.15) is 24.8 Å². The number of nitrogen functional groups attached to an aromatic ring is 1. The van der Waals surface area contributed by atoms with Crippen LogP contribution in [0.15, 0.2) is 23.1 Å². The van der Waals surface area contributed by atoms with Crippen LogP contribution in [0.3, 0.4) is 0 Å². The third-order valence-electron chi connectivity index (χ3n) is 3.56. The fraction of sp³-hybridized carbons (Fsp3) is 0.538. The molecule has 1 fully saturated rings. The van der Waals surface area contributed by atoms with Crippen molar-refractivity contribution in [2.75, 3.05) is 12.0 Å². The highest BCUT2D eigenvalue weighted by Gasteiger charge is 2.31. The molecular weight excluding hydrogens is 280 g/mol. The number of rotatable bonds is 4. The first-order valence-electron chi connectivity index (χ1n) is 6.35. The van der Waals surface area contributed by atoms with E-state index in [9.17, 15) is 8.42 Å². The molecule has 106 valence electrons. The summed E-state index contributed by atoms with van der Waals surface area (Å²) in [5.74, 6) is 0. The number of hydrogen-bond donors (Lipinski definition) is 2. The molecule has 2 unspecified atom stereocenters. The summed E-state index contributed by atoms with van der Waals surface area (Å²) >= 11 is 1.73. The van der Waals surface area contributed by atoms with Crippen LogP contribution in [0.25, 0.3) is 0 Å². The summed E-state index contributed by atoms with van der Waals surface area (Å²) in [4.78, 5) is 0.291. The van der Waals surface area contributed by atoms with Gasteiger partial charge in [-0.05, 0) is 43.7 Å². The van der Waals surface area contributed by atoms with Gasteiger partial charge in [0.15, 0.2) is 0 Å². The van der Waals surface area contributed by atoms with Gasteiger partial charge in [-0.3, -0.25) is 0 Å². The molecule has 1 aromatic rings. The number of sulfonamides is 1. The van der Waals surface area contributed by atoms with Crippen LogP contribution >= 0.6 is 11.8 Å². The zero-order valence-electron chi connectivity index (χ0n) is 11.2. The summed E-state index contributed by atoms with van der Waals surface area (Å²) in [7, 11) is -3.48. The molecule has 2 atom stereocenters. The standard InChI is InChI=1S/C13H20N2O2S2/c1-9-6-7-10(14)8-13(9)19(16,17)15-11-4-3-5-12(11)18-2/h6-8,11-12,15H,3-5,14H2,1-2H3. The van der Waals surface area contributed by atoms with E-state index >= 15 is 0 Å². The second-order valence-corrected chi connectivity index (χ2v) is 7.72. The lowest BCUT2D eigenvalue weighted by atomic mass is 10.2. The summed E-state index contributed by atoms with van der Waals surface area (Å²) in [5.41, 5.74) is 6.88. The molecule has 0 radical (unpaired) electrons. The third-order valence-corrected chi connectivity index (χ3v) is 6.37. The lowest BCUT2D eigenvalue weighted by molar-refractivity contribution is 0.554. The van der Waals surface area contributed by atoms with E-state index in [0.29, 0.717) is 15.8 Å². The van der Waals surface area contributed by atoms with E-state index in [4.69, 9.17) is 5.73 Å². The van der Waals surface area contributed by atoms with Crippen LogP contribution in [0, 0.1) is 6.92 Å². The number of hydrogen-bond acceptors (Lipinski definition) is 4. The van der Waals surface area contributed by atoms with Gasteiger partial charge in [0.05, 0.1) is 4.90 Å². The Balaban J connectivity index is 2.25. The second-order valence-electron chi connectivity index (χ2n) is 4.96. The van der Waals surface area contributed by atoms with Crippen molar-refractivity contribution in [3.8, 4) is 0 Å². The van der Waals surface area contributed by atoms with Crippen LogP contribution in [0.4, 0.5) is 5.69 Å². The van der Waals surface area contributed by atoms with Gasteiger partial charge in [0.2, 0.25) is 10.0 Å². The Labute approximate surface area is 119 Å². The van der Waals surface area contributed by atoms with Crippen LogP contribution in [0.2, 0.25) is 0 Å². The van der Waals surface area contributed by atoms with Gasteiger partial charge < -0.3 is 5.73 Å². The van der Waals surface area contributed by atoms with Crippen molar-refractivity contribution in [1.82, 2.24) is 4.72 Å². The first-order chi connectivity index (χ1) is 8.94. The number of thioether (sulfide) groups is 1. The lowest BCUT2D eigenvalue weighted by Gasteiger charge is -2.20. The molecule has 1 aliphatic rings. The normalized spacial score (nSPS) is 23.7. The number of benzene rings is 1. The van der Waals surface area contributed by atoms with E-state index in [-0.39, 0.29) is 6.04 Å². The highest BCUT2D eigenvalue weighted by Crippen LogP contribution is 2.30. The molecule has 0 heterocycles. The summed E-state index contributed by atoms with van der Waals surface area (Å²) in [6.07, 6.45) is 5.09. The van der Waals surface area contributed by atoms with E-state index in [2.05, 4.69) is 4.72 Å². The van der Waals surface area contributed by atoms with Crippen molar-refractivity contribution in [2.45, 2.75) is 42.4 Å². The zero-order valence-corrected chi connectivity index (χ0v) is 12.9. The topological polar surface area (TPSA) is 72.2 Å². The third kappa shape index (κ3) is 3.24. The monoisotopic (exact) mass is 300 g/mol. The van der Waals surface area contributed by atoms with Crippen molar-refractivity contribution in [2.24, 2.45) is 0 Å². The average Bonchev–Trinajstić information content (AvgIpc) is 2.78. The molecule has 3 N–H and O–H groups in total. The largest absolute Gasteiger partial charge is 0.399 e. The fourth-order valence-corrected chi connectivity index (χ4v) is 5.12. The van der Waals surface area contributed by atoms with Gasteiger partial charge in [0, 0.05) is 17.0 Å². The SMILES string of the molecule is CSC1CCCC1NS(=O)(=O)c1cc(N)ccc1C. The predicted octanol–water partition coefficient (Wildman–Crippen LogP) is 2.14. The molecule has 1 aromatic carbocycles. The number of nitrogens with two attached hydrogens (primary N) is 1. The van der Waals surface area contributed by atoms with Gasteiger partial charge in [-0.15, -0.1) is 0 Å². The Morgan fingerprint density at radius 2 is 2.11 bits per heavy atom. The molecule has 1 aliphatic carbocycles. The van der Waals surface area contributed by atoms with Gasteiger partial charge in [-0.1, -0.05) is 12.5 Å². The van der Waals surface area contributed by atoms with Crippen LogP contribution < -0.4 is 10.5 Å². The molecule has 0 aromatic heterocycles. The highest BCUT2D eigenvalue weighted by molar-refractivity contribution is 7.99. The maximum atomic E-state index is 12.4. The first-order valence-corrected chi connectivity index (χ1v) is 9.12. The van der Waals surface area contributed by atoms with Crippen LogP contribution in [0.5, 0.6) is 0 Å². The van der Waals surface area contributed by atoms with E-state index in [1.807, 2.05) is 6.26 Å². The minimum absolute atomic E-state index is 0.0285. The van der Waals surface area contributed by atoms with Crippen molar-refractivity contribution in [3.63, 3.8) is 0 Å². The summed E-state index contributed by atoms with van der Waals surface area (Å²) in [5, 5.41) is 0.371. The molecule has 0 saturated heterocycles. The van der Waals surface area contributed by atoms with Gasteiger partial charge in [-0.25, -0.2) is 13.1 Å². The Kier molecular flexibility index (Phi) is 4.43. The minimum atomic E-state index is -3.48. The average molecular weight is 300 g/mol. The molecule has 0 amide bonds. The quantitative estimate of drug-likeness (QED) is 0.836. The molecule has 19 heavy (non-hydrogen) atoms. The molecule has 0 bridgehead atoms. The molecule has 0 spiro atoms. The number of nitrogens with one attached hydrogen (secondary N) is 1. The van der Waals surface area contributed by atoms with Crippen LogP contribution in [-0.4, -0.2) is 26.0 Å². The Hall–Kier alpha value is -0.720. The fourth-order valence-electron chi connectivity index (χ4n) is 2.51. The van der Waals surface area contributed by atoms with Gasteiger partial charge in [0.1, 0.15) is 0 Å². The molecular formula is C13H20N2O2S2. The van der Waals surface area contributed by atoms with Gasteiger partial charge >= 0.3 is 0 Å². The maximum absolute atomic E-state index is 12.4. The summed E-state index contributed by atoms with van der Waals surface area (Å²) in [6, 6.07) is 5.01. The van der Waals surface area contributed by atoms with Crippen molar-refractivity contribution < 1.29 is 8.42 Å². The smallest absolute Gasteiger partial charge is 0.241 e. The second kappa shape index (κ2) is 5.73. The van der Waals surface area contributed by atoms with Gasteiger partial charge in [0.25, 0.3) is 0 Å². The predicted molar refractivity (Wildman–Crippen MR) is 80.9 cm³/mol. The first kappa shape index (κ1) is 14.7. The maximum Gasteiger partial charge on any atom is 0.241 e. The molecule has 0 aliphatic heterocycles. The summed E-state index contributed by atoms with van der Waals surface area (Å²) in [6.45, 7) is 1.79. The molecule has 2 rings (SSSR count). The Bertz CT molecular complexity index is 558. The van der Waals surface area contributed by atoms with Crippen LogP contribution in [-0.2, 0) is 10.0 Å². The highest BCUT2D eigenvalue weighted by atomic mass is 32.2. The lowest BCUT2D eigenvalue weighted by Crippen LogP contribution is -2.38. The van der Waals surface area contributed by atoms with Crippen molar-refractivity contribution in [3.05, 3.63) is 23.8 Å². The molecule has 1 saturated carbocycles. The summed E-state index contributed by atoms with van der Waals surface area (Å²) < 4.78 is 27.7. The van der Waals surface area contributed by atoms with Crippen molar-refractivity contribution in [1.29, 1.82) is 0 Å². The van der Waals surface area contributed by atoms with Crippen molar-refractivity contribution >= 4 is 27.5 Å². The van der Waals surface area contributed by atoms with Gasteiger partial charge in [-0.2, -0.15) is 11.8 Å². The van der Waals surface area contributed by atoms with E-state index in [1.54, 1.807) is 30.8 Å². The molecule has 4 nitrogen and oxygen atoms in total.